The van der Waals surface area contributed by atoms with Gasteiger partial charge in [0, 0.05) is 27.2 Å². The molecule has 0 spiro atoms. The molecule has 2 rings (SSSR count). The van der Waals surface area contributed by atoms with Gasteiger partial charge in [0.25, 0.3) is 0 Å². The number of benzene rings is 1. The number of aromatic nitrogens is 2. The molecular formula is C18H20F6N6S. The first-order valence-corrected chi connectivity index (χ1v) is 9.78. The average Bonchev–Trinajstić information content (AvgIpc) is 2.98. The molecule has 170 valence electrons. The van der Waals surface area contributed by atoms with Crippen LogP contribution in [0.15, 0.2) is 17.0 Å². The van der Waals surface area contributed by atoms with Crippen molar-refractivity contribution in [2.45, 2.75) is 30.4 Å². The Kier molecular flexibility index (Phi) is 6.94. The molecule has 1 aromatic carbocycles. The second kappa shape index (κ2) is 8.78. The van der Waals surface area contributed by atoms with Crippen LogP contribution < -0.4 is 15.5 Å². The molecule has 0 unspecified atom stereocenters. The Labute approximate surface area is 179 Å². The van der Waals surface area contributed by atoms with E-state index in [9.17, 15) is 31.6 Å². The number of thioether (sulfide) groups is 1. The minimum atomic E-state index is -4.74. The van der Waals surface area contributed by atoms with E-state index >= 15 is 0 Å². The number of hydrogen-bond donors (Lipinski definition) is 1. The molecule has 0 saturated carbocycles. The molecule has 6 nitrogen and oxygen atoms in total. The fraction of sp³-hybridized carbons (Fsp3) is 0.444. The summed E-state index contributed by atoms with van der Waals surface area (Å²) < 4.78 is 80.5. The van der Waals surface area contributed by atoms with Crippen molar-refractivity contribution in [3.63, 3.8) is 0 Å². The first-order valence-electron chi connectivity index (χ1n) is 8.97. The number of alkyl halides is 6. The van der Waals surface area contributed by atoms with Crippen LogP contribution in [0.5, 0.6) is 0 Å². The highest BCUT2D eigenvalue weighted by Gasteiger charge is 2.37. The Morgan fingerprint density at radius 3 is 1.90 bits per heavy atom. The van der Waals surface area contributed by atoms with Gasteiger partial charge in [-0.1, -0.05) is 0 Å². The summed E-state index contributed by atoms with van der Waals surface area (Å²) in [6, 6.07) is 3.34. The molecule has 0 saturated heterocycles. The van der Waals surface area contributed by atoms with Crippen molar-refractivity contribution in [1.82, 2.24) is 9.78 Å². The van der Waals surface area contributed by atoms with Crippen LogP contribution in [-0.4, -0.2) is 42.5 Å². The SMILES string of the molecule is CCN(C)c1cc(C(F)(F)F)cc(N(C)CC)c1-n1nc(C#N)c(SC(F)(F)F)c1N. The summed E-state index contributed by atoms with van der Waals surface area (Å²) in [7, 11) is 3.07. The molecule has 0 amide bonds. The van der Waals surface area contributed by atoms with E-state index in [0.29, 0.717) is 13.1 Å². The fourth-order valence-electron chi connectivity index (χ4n) is 2.78. The molecule has 2 aromatic rings. The molecule has 0 bridgehead atoms. The lowest BCUT2D eigenvalue weighted by Gasteiger charge is -2.28. The lowest BCUT2D eigenvalue weighted by molar-refractivity contribution is -0.137. The van der Waals surface area contributed by atoms with Crippen LogP contribution in [0, 0.1) is 11.3 Å². The lowest BCUT2D eigenvalue weighted by atomic mass is 10.1. The Balaban J connectivity index is 2.94. The minimum absolute atomic E-state index is 0.0460. The standard InChI is InChI=1S/C18H20F6N6S/c1-5-28(3)12-7-10(17(19,20)21)8-13(29(4)6-2)14(12)30-16(26)15(11(9-25)27-30)31-18(22,23)24/h7-8H,5-6,26H2,1-4H3. The van der Waals surface area contributed by atoms with Crippen LogP contribution in [0.3, 0.4) is 0 Å². The maximum absolute atomic E-state index is 13.5. The molecular weight excluding hydrogens is 446 g/mol. The summed E-state index contributed by atoms with van der Waals surface area (Å²) in [5.74, 6) is -0.491. The Morgan fingerprint density at radius 1 is 1.06 bits per heavy atom. The fourth-order valence-corrected chi connectivity index (χ4v) is 3.39. The molecule has 31 heavy (non-hydrogen) atoms. The van der Waals surface area contributed by atoms with E-state index < -0.39 is 45.4 Å². The number of rotatable bonds is 6. The quantitative estimate of drug-likeness (QED) is 0.484. The van der Waals surface area contributed by atoms with E-state index in [1.165, 1.54) is 23.9 Å². The number of nitrogens with two attached hydrogens (primary N) is 1. The monoisotopic (exact) mass is 466 g/mol. The Morgan fingerprint density at radius 2 is 1.55 bits per heavy atom. The number of nitrogens with zero attached hydrogens (tertiary/aromatic N) is 5. The summed E-state index contributed by atoms with van der Waals surface area (Å²) in [4.78, 5) is 2.37. The molecule has 2 N–H and O–H groups in total. The number of anilines is 3. The van der Waals surface area contributed by atoms with Gasteiger partial charge < -0.3 is 15.5 Å². The zero-order chi connectivity index (χ0) is 23.7. The van der Waals surface area contributed by atoms with Crippen molar-refractivity contribution in [2.75, 3.05) is 42.7 Å². The first kappa shape index (κ1) is 24.5. The van der Waals surface area contributed by atoms with Gasteiger partial charge in [-0.2, -0.15) is 36.7 Å². The summed E-state index contributed by atoms with van der Waals surface area (Å²) in [6.07, 6.45) is -4.66. The van der Waals surface area contributed by atoms with Gasteiger partial charge in [-0.3, -0.25) is 0 Å². The van der Waals surface area contributed by atoms with Crippen LogP contribution in [-0.2, 0) is 6.18 Å². The topological polar surface area (TPSA) is 74.1 Å². The number of hydrogen-bond acceptors (Lipinski definition) is 6. The van der Waals surface area contributed by atoms with Gasteiger partial charge in [0.1, 0.15) is 17.6 Å². The third-order valence-corrected chi connectivity index (χ3v) is 5.42. The zero-order valence-corrected chi connectivity index (χ0v) is 17.9. The highest BCUT2D eigenvalue weighted by molar-refractivity contribution is 8.00. The van der Waals surface area contributed by atoms with Crippen molar-refractivity contribution in [1.29, 1.82) is 5.26 Å². The number of nitriles is 1. The van der Waals surface area contributed by atoms with Gasteiger partial charge in [-0.25, -0.2) is 4.68 Å². The van der Waals surface area contributed by atoms with Gasteiger partial charge in [0.2, 0.25) is 0 Å². The van der Waals surface area contributed by atoms with Crippen molar-refractivity contribution < 1.29 is 26.3 Å². The van der Waals surface area contributed by atoms with E-state index in [2.05, 4.69) is 5.10 Å². The maximum Gasteiger partial charge on any atom is 0.446 e. The molecule has 1 aromatic heterocycles. The highest BCUT2D eigenvalue weighted by Crippen LogP contribution is 2.45. The smallest absolute Gasteiger partial charge is 0.383 e. The number of halogens is 6. The first-order chi connectivity index (χ1) is 14.2. The van der Waals surface area contributed by atoms with Gasteiger partial charge in [0.15, 0.2) is 5.69 Å². The summed E-state index contributed by atoms with van der Waals surface area (Å²) in [6.45, 7) is 3.98. The largest absolute Gasteiger partial charge is 0.446 e. The molecule has 1 heterocycles. The predicted molar refractivity (Wildman–Crippen MR) is 107 cm³/mol. The molecule has 0 atom stereocenters. The zero-order valence-electron chi connectivity index (χ0n) is 17.1. The molecule has 0 aliphatic rings. The second-order valence-electron chi connectivity index (χ2n) is 6.52. The number of nitrogen functional groups attached to an aromatic ring is 1. The van der Waals surface area contributed by atoms with Crippen LogP contribution in [0.4, 0.5) is 43.5 Å². The van der Waals surface area contributed by atoms with E-state index in [-0.39, 0.29) is 17.1 Å². The van der Waals surface area contributed by atoms with Crippen molar-refractivity contribution in [3.05, 3.63) is 23.4 Å². The summed E-state index contributed by atoms with van der Waals surface area (Å²) in [5, 5.41) is 13.2. The second-order valence-corrected chi connectivity index (χ2v) is 7.60. The average molecular weight is 466 g/mol. The van der Waals surface area contributed by atoms with Gasteiger partial charge in [0.05, 0.1) is 21.8 Å². The van der Waals surface area contributed by atoms with E-state index in [0.717, 1.165) is 16.8 Å². The molecule has 0 fully saturated rings. The molecule has 0 radical (unpaired) electrons. The Bertz CT molecular complexity index is 960. The Hall–Kier alpha value is -2.75. The van der Waals surface area contributed by atoms with Crippen molar-refractivity contribution in [2.24, 2.45) is 0 Å². The van der Waals surface area contributed by atoms with Crippen LogP contribution in [0.1, 0.15) is 25.1 Å². The van der Waals surface area contributed by atoms with Crippen molar-refractivity contribution >= 4 is 29.0 Å². The third-order valence-electron chi connectivity index (χ3n) is 4.58. The molecule has 13 heteroatoms. The molecule has 0 aliphatic heterocycles. The maximum atomic E-state index is 13.5. The normalized spacial score (nSPS) is 12.0. The van der Waals surface area contributed by atoms with E-state index in [1.807, 2.05) is 0 Å². The predicted octanol–water partition coefficient (Wildman–Crippen LogP) is 4.87. The van der Waals surface area contributed by atoms with E-state index in [1.54, 1.807) is 19.9 Å². The third kappa shape index (κ3) is 5.12. The minimum Gasteiger partial charge on any atom is -0.383 e. The van der Waals surface area contributed by atoms with Gasteiger partial charge in [-0.05, 0) is 37.7 Å². The van der Waals surface area contributed by atoms with Crippen molar-refractivity contribution in [3.8, 4) is 11.8 Å². The van der Waals surface area contributed by atoms with Crippen LogP contribution >= 0.6 is 11.8 Å². The summed E-state index contributed by atoms with van der Waals surface area (Å²) >= 11 is -0.597. The van der Waals surface area contributed by atoms with Crippen LogP contribution in [0.25, 0.3) is 5.69 Å². The highest BCUT2D eigenvalue weighted by atomic mass is 32.2. The summed E-state index contributed by atoms with van der Waals surface area (Å²) in [5.41, 5.74) is -0.162. The van der Waals surface area contributed by atoms with Crippen LogP contribution in [0.2, 0.25) is 0 Å². The lowest BCUT2D eigenvalue weighted by Crippen LogP contribution is -2.25. The molecule has 0 aliphatic carbocycles. The van der Waals surface area contributed by atoms with Gasteiger partial charge in [-0.15, -0.1) is 0 Å². The van der Waals surface area contributed by atoms with Gasteiger partial charge >= 0.3 is 11.7 Å². The van der Waals surface area contributed by atoms with E-state index in [4.69, 9.17) is 5.73 Å².